The van der Waals surface area contributed by atoms with Crippen LogP contribution in [0.2, 0.25) is 0 Å². The second-order valence-corrected chi connectivity index (χ2v) is 8.00. The Kier molecular flexibility index (Phi) is 5.83. The first-order valence-electron chi connectivity index (χ1n) is 10.4. The molecule has 2 atom stereocenters. The molecule has 9 heteroatoms. The van der Waals surface area contributed by atoms with Gasteiger partial charge in [-0.05, 0) is 36.6 Å². The lowest BCUT2D eigenvalue weighted by molar-refractivity contribution is -0.122. The molecule has 4 rings (SSSR count). The first-order chi connectivity index (χ1) is 15.3. The van der Waals surface area contributed by atoms with Gasteiger partial charge >= 0.3 is 12.1 Å². The van der Waals surface area contributed by atoms with E-state index < -0.39 is 18.1 Å². The number of nitrogens with zero attached hydrogens (tertiary/aromatic N) is 2. The molecule has 0 radical (unpaired) electrons. The third kappa shape index (κ3) is 4.28. The summed E-state index contributed by atoms with van der Waals surface area (Å²) in [7, 11) is 0. The van der Waals surface area contributed by atoms with Gasteiger partial charge in [0.25, 0.3) is 0 Å². The van der Waals surface area contributed by atoms with Crippen molar-refractivity contribution in [2.75, 3.05) is 11.9 Å². The number of carbonyl (C=O) groups excluding carboxylic acids is 3. The summed E-state index contributed by atoms with van der Waals surface area (Å²) >= 11 is 0. The largest absolute Gasteiger partial charge is 0.508 e. The highest BCUT2D eigenvalue weighted by atomic mass is 16.3. The van der Waals surface area contributed by atoms with E-state index >= 15 is 0 Å². The standard InChI is InChI=1S/C23H25N5O4/c24-15-11-20(21(30)9-8-14-4-3-5-16(29)10-14)28(12-15)23(32)26-18-13-27(22(25)31)19-7-2-1-6-17(18)19/h1-7,10,13,15,20,29H,8-9,11-12,24H2,(H2,25,31)(H,26,32)/t15-,20-/m0/s1. The van der Waals surface area contributed by atoms with Crippen LogP contribution in [0.4, 0.5) is 15.3 Å². The quantitative estimate of drug-likeness (QED) is 0.486. The Morgan fingerprint density at radius 1 is 1.12 bits per heavy atom. The van der Waals surface area contributed by atoms with Crippen molar-refractivity contribution in [2.45, 2.75) is 31.3 Å². The van der Waals surface area contributed by atoms with Gasteiger partial charge < -0.3 is 26.8 Å². The van der Waals surface area contributed by atoms with Crippen molar-refractivity contribution in [3.05, 3.63) is 60.3 Å². The van der Waals surface area contributed by atoms with E-state index in [1.807, 2.05) is 6.07 Å². The molecule has 9 nitrogen and oxygen atoms in total. The van der Waals surface area contributed by atoms with Crippen molar-refractivity contribution in [1.29, 1.82) is 0 Å². The van der Waals surface area contributed by atoms with E-state index in [1.54, 1.807) is 42.5 Å². The Morgan fingerprint density at radius 3 is 2.66 bits per heavy atom. The monoisotopic (exact) mass is 435 g/mol. The molecular weight excluding hydrogens is 410 g/mol. The number of aryl methyl sites for hydroxylation is 1. The number of benzene rings is 2. The van der Waals surface area contributed by atoms with E-state index in [0.29, 0.717) is 29.4 Å². The SMILES string of the molecule is NC(=O)n1cc(NC(=O)N2C[C@@H](N)C[C@H]2C(=O)CCc2cccc(O)c2)c2ccccc21. The topological polar surface area (TPSA) is 144 Å². The minimum Gasteiger partial charge on any atom is -0.508 e. The number of fused-ring (bicyclic) bond motifs is 1. The molecule has 0 aliphatic carbocycles. The van der Waals surface area contributed by atoms with E-state index in [4.69, 9.17) is 11.5 Å². The molecule has 0 saturated carbocycles. The van der Waals surface area contributed by atoms with Gasteiger partial charge in [-0.3, -0.25) is 9.36 Å². The van der Waals surface area contributed by atoms with Crippen LogP contribution in [-0.4, -0.2) is 51.0 Å². The molecule has 1 saturated heterocycles. The number of nitrogens with two attached hydrogens (primary N) is 2. The third-order valence-electron chi connectivity index (χ3n) is 5.73. The molecule has 3 aromatic rings. The number of ketones is 1. The van der Waals surface area contributed by atoms with E-state index in [0.717, 1.165) is 5.56 Å². The number of phenolic OH excluding ortho intramolecular Hbond substituents is 1. The van der Waals surface area contributed by atoms with Crippen molar-refractivity contribution in [3.63, 3.8) is 0 Å². The maximum Gasteiger partial charge on any atom is 0.323 e. The molecule has 1 aliphatic rings. The van der Waals surface area contributed by atoms with Gasteiger partial charge in [-0.25, -0.2) is 9.59 Å². The highest BCUT2D eigenvalue weighted by molar-refractivity contribution is 6.05. The lowest BCUT2D eigenvalue weighted by Crippen LogP contribution is -2.43. The number of likely N-dealkylation sites (tertiary alicyclic amines) is 1. The van der Waals surface area contributed by atoms with Crippen LogP contribution in [0.25, 0.3) is 10.9 Å². The molecule has 166 valence electrons. The van der Waals surface area contributed by atoms with E-state index in [2.05, 4.69) is 5.32 Å². The smallest absolute Gasteiger partial charge is 0.323 e. The number of primary amides is 1. The third-order valence-corrected chi connectivity index (χ3v) is 5.73. The van der Waals surface area contributed by atoms with Gasteiger partial charge in [0, 0.05) is 30.6 Å². The highest BCUT2D eigenvalue weighted by Gasteiger charge is 2.38. The van der Waals surface area contributed by atoms with Crippen LogP contribution in [0, 0.1) is 0 Å². The summed E-state index contributed by atoms with van der Waals surface area (Å²) in [6.45, 7) is 0.253. The average Bonchev–Trinajstić information content (AvgIpc) is 3.33. The molecule has 0 bridgehead atoms. The van der Waals surface area contributed by atoms with Crippen LogP contribution in [0.3, 0.4) is 0 Å². The van der Waals surface area contributed by atoms with Crippen molar-refractivity contribution >= 4 is 34.4 Å². The van der Waals surface area contributed by atoms with E-state index in [9.17, 15) is 19.5 Å². The fourth-order valence-corrected chi connectivity index (χ4v) is 4.19. The maximum absolute atomic E-state index is 13.1. The Bertz CT molecular complexity index is 1190. The molecule has 3 amide bonds. The van der Waals surface area contributed by atoms with Crippen LogP contribution >= 0.6 is 0 Å². The van der Waals surface area contributed by atoms with Crippen LogP contribution in [0.1, 0.15) is 18.4 Å². The number of nitrogens with one attached hydrogen (secondary N) is 1. The Hall–Kier alpha value is -3.85. The van der Waals surface area contributed by atoms with E-state index in [-0.39, 0.29) is 30.5 Å². The van der Waals surface area contributed by atoms with Crippen LogP contribution in [0.15, 0.2) is 54.7 Å². The number of aromatic hydroxyl groups is 1. The van der Waals surface area contributed by atoms with Crippen LogP contribution in [-0.2, 0) is 11.2 Å². The van der Waals surface area contributed by atoms with Gasteiger partial charge in [-0.1, -0.05) is 30.3 Å². The van der Waals surface area contributed by atoms with Crippen LogP contribution < -0.4 is 16.8 Å². The predicted molar refractivity (Wildman–Crippen MR) is 120 cm³/mol. The number of aromatic nitrogens is 1. The highest BCUT2D eigenvalue weighted by Crippen LogP contribution is 2.27. The zero-order valence-electron chi connectivity index (χ0n) is 17.4. The van der Waals surface area contributed by atoms with Crippen molar-refractivity contribution in [3.8, 4) is 5.75 Å². The number of rotatable bonds is 5. The summed E-state index contributed by atoms with van der Waals surface area (Å²) in [6.07, 6.45) is 2.54. The first-order valence-corrected chi connectivity index (χ1v) is 10.4. The number of para-hydroxylation sites is 1. The number of urea groups is 1. The fraction of sp³-hybridized carbons (Fsp3) is 0.261. The molecule has 1 aliphatic heterocycles. The lowest BCUT2D eigenvalue weighted by Gasteiger charge is -2.23. The zero-order chi connectivity index (χ0) is 22.8. The summed E-state index contributed by atoms with van der Waals surface area (Å²) < 4.78 is 1.26. The van der Waals surface area contributed by atoms with Gasteiger partial charge in [0.1, 0.15) is 5.75 Å². The molecule has 6 N–H and O–H groups in total. The Balaban J connectivity index is 1.49. The van der Waals surface area contributed by atoms with Gasteiger partial charge in [0.15, 0.2) is 5.78 Å². The van der Waals surface area contributed by atoms with Crippen LogP contribution in [0.5, 0.6) is 5.75 Å². The number of hydrogen-bond acceptors (Lipinski definition) is 5. The number of carbonyl (C=O) groups is 3. The lowest BCUT2D eigenvalue weighted by atomic mass is 10.0. The number of amides is 3. The molecular formula is C23H25N5O4. The average molecular weight is 435 g/mol. The Morgan fingerprint density at radius 2 is 1.91 bits per heavy atom. The summed E-state index contributed by atoms with van der Waals surface area (Å²) in [5.74, 6) is 0.0602. The van der Waals surface area contributed by atoms with Gasteiger partial charge in [0.05, 0.1) is 17.2 Å². The van der Waals surface area contributed by atoms with Crippen molar-refractivity contribution in [2.24, 2.45) is 11.5 Å². The fourth-order valence-electron chi connectivity index (χ4n) is 4.19. The second kappa shape index (κ2) is 8.72. The molecule has 2 aromatic carbocycles. The number of hydrogen-bond donors (Lipinski definition) is 4. The minimum atomic E-state index is -0.662. The number of anilines is 1. The van der Waals surface area contributed by atoms with Crippen molar-refractivity contribution in [1.82, 2.24) is 9.47 Å². The predicted octanol–water partition coefficient (Wildman–Crippen LogP) is 2.41. The molecule has 2 heterocycles. The zero-order valence-corrected chi connectivity index (χ0v) is 17.4. The molecule has 32 heavy (non-hydrogen) atoms. The molecule has 0 unspecified atom stereocenters. The van der Waals surface area contributed by atoms with Gasteiger partial charge in [-0.15, -0.1) is 0 Å². The summed E-state index contributed by atoms with van der Waals surface area (Å²) in [5.41, 5.74) is 13.4. The molecule has 1 aromatic heterocycles. The Labute approximate surface area is 184 Å². The number of phenols is 1. The summed E-state index contributed by atoms with van der Waals surface area (Å²) in [6, 6.07) is 11.8. The van der Waals surface area contributed by atoms with Gasteiger partial charge in [-0.2, -0.15) is 0 Å². The summed E-state index contributed by atoms with van der Waals surface area (Å²) in [4.78, 5) is 39.2. The second-order valence-electron chi connectivity index (χ2n) is 8.00. The summed E-state index contributed by atoms with van der Waals surface area (Å²) in [5, 5.41) is 13.1. The molecule has 0 spiro atoms. The number of Topliss-reactive ketones (excluding diaryl/α,β-unsaturated/α-hetero) is 1. The minimum absolute atomic E-state index is 0.0870. The maximum atomic E-state index is 13.1. The normalized spacial score (nSPS) is 18.1. The molecule has 1 fully saturated rings. The van der Waals surface area contributed by atoms with Crippen molar-refractivity contribution < 1.29 is 19.5 Å². The first kappa shape index (κ1) is 21.4. The van der Waals surface area contributed by atoms with E-state index in [1.165, 1.54) is 15.7 Å². The van der Waals surface area contributed by atoms with Gasteiger partial charge in [0.2, 0.25) is 0 Å².